The van der Waals surface area contributed by atoms with Crippen molar-refractivity contribution in [2.75, 3.05) is 7.11 Å². The van der Waals surface area contributed by atoms with Gasteiger partial charge in [0.15, 0.2) is 6.10 Å². The number of aryl methyl sites for hydroxylation is 1. The molecule has 0 radical (unpaired) electrons. The topological polar surface area (TPSA) is 55.8 Å². The maximum absolute atomic E-state index is 11.3. The van der Waals surface area contributed by atoms with E-state index in [1.54, 1.807) is 12.1 Å². The lowest BCUT2D eigenvalue weighted by Gasteiger charge is -2.24. The van der Waals surface area contributed by atoms with Gasteiger partial charge in [-0.2, -0.15) is 0 Å². The molecule has 0 saturated carbocycles. The summed E-state index contributed by atoms with van der Waals surface area (Å²) in [6.07, 6.45) is 0.823. The molecule has 0 saturated heterocycles. The van der Waals surface area contributed by atoms with Gasteiger partial charge in [0.2, 0.25) is 0 Å². The van der Waals surface area contributed by atoms with Crippen LogP contribution >= 0.6 is 0 Å². The zero-order valence-corrected chi connectivity index (χ0v) is 8.40. The van der Waals surface area contributed by atoms with Crippen LogP contribution in [0.4, 0.5) is 0 Å². The van der Waals surface area contributed by atoms with Crippen molar-refractivity contribution in [1.29, 1.82) is 0 Å². The quantitative estimate of drug-likeness (QED) is 0.706. The second-order valence-corrected chi connectivity index (χ2v) is 3.46. The largest absolute Gasteiger partial charge is 0.508 e. The van der Waals surface area contributed by atoms with Crippen LogP contribution in [0.5, 0.6) is 11.5 Å². The third-order valence-electron chi connectivity index (χ3n) is 2.46. The fourth-order valence-electron chi connectivity index (χ4n) is 1.66. The fraction of sp³-hybridized carbons (Fsp3) is 0.364. The number of fused-ring (bicyclic) bond motifs is 1. The van der Waals surface area contributed by atoms with Gasteiger partial charge in [-0.25, -0.2) is 4.79 Å². The van der Waals surface area contributed by atoms with E-state index in [0.29, 0.717) is 12.2 Å². The minimum atomic E-state index is -0.552. The van der Waals surface area contributed by atoms with Crippen molar-refractivity contribution in [2.45, 2.75) is 18.9 Å². The Labute approximate surface area is 87.4 Å². The Balaban J connectivity index is 2.22. The molecule has 4 nitrogen and oxygen atoms in total. The number of aromatic hydroxyl groups is 1. The fourth-order valence-corrected chi connectivity index (χ4v) is 1.66. The Morgan fingerprint density at radius 3 is 3.13 bits per heavy atom. The van der Waals surface area contributed by atoms with E-state index < -0.39 is 6.10 Å². The summed E-state index contributed by atoms with van der Waals surface area (Å²) in [5.41, 5.74) is 1.01. The SMILES string of the molecule is COC(=O)C1CCc2ccc(O)cc2O1. The van der Waals surface area contributed by atoms with Crippen LogP contribution in [0, 0.1) is 0 Å². The second kappa shape index (κ2) is 3.81. The molecule has 1 heterocycles. The number of carbonyl (C=O) groups excluding carboxylic acids is 1. The number of hydrogen-bond acceptors (Lipinski definition) is 4. The number of esters is 1. The van der Waals surface area contributed by atoms with Crippen LogP contribution in [0.2, 0.25) is 0 Å². The standard InChI is InChI=1S/C11H12O4/c1-14-11(13)9-5-3-7-2-4-8(12)6-10(7)15-9/h2,4,6,9,12H,3,5H2,1H3. The molecule has 0 aliphatic carbocycles. The Bertz CT molecular complexity index is 386. The first-order valence-electron chi connectivity index (χ1n) is 4.77. The molecule has 1 aromatic rings. The molecular weight excluding hydrogens is 196 g/mol. The van der Waals surface area contributed by atoms with Gasteiger partial charge in [-0.3, -0.25) is 0 Å². The van der Waals surface area contributed by atoms with Crippen LogP contribution in [-0.2, 0) is 16.0 Å². The molecule has 1 aliphatic rings. The highest BCUT2D eigenvalue weighted by atomic mass is 16.6. The van der Waals surface area contributed by atoms with Crippen LogP contribution < -0.4 is 4.74 Å². The summed E-state index contributed by atoms with van der Waals surface area (Å²) in [6, 6.07) is 4.93. The van der Waals surface area contributed by atoms with Gasteiger partial charge in [-0.1, -0.05) is 6.07 Å². The van der Waals surface area contributed by atoms with E-state index >= 15 is 0 Å². The highest BCUT2D eigenvalue weighted by molar-refractivity contribution is 5.75. The number of carbonyl (C=O) groups is 1. The second-order valence-electron chi connectivity index (χ2n) is 3.46. The maximum Gasteiger partial charge on any atom is 0.347 e. The summed E-state index contributed by atoms with van der Waals surface area (Å²) in [7, 11) is 1.34. The molecule has 80 valence electrons. The number of benzene rings is 1. The molecule has 2 rings (SSSR count). The Kier molecular flexibility index (Phi) is 2.49. The lowest BCUT2D eigenvalue weighted by Crippen LogP contribution is -2.32. The molecule has 0 aromatic heterocycles. The van der Waals surface area contributed by atoms with Gasteiger partial charge in [-0.05, 0) is 24.5 Å². The highest BCUT2D eigenvalue weighted by Crippen LogP contribution is 2.30. The predicted octanol–water partition coefficient (Wildman–Crippen LogP) is 1.26. The monoisotopic (exact) mass is 208 g/mol. The summed E-state index contributed by atoms with van der Waals surface area (Å²) < 4.78 is 10.0. The third-order valence-corrected chi connectivity index (χ3v) is 2.46. The van der Waals surface area contributed by atoms with Crippen molar-refractivity contribution in [1.82, 2.24) is 0 Å². The maximum atomic E-state index is 11.3. The number of phenols is 1. The molecular formula is C11H12O4. The van der Waals surface area contributed by atoms with E-state index in [1.165, 1.54) is 13.2 Å². The average Bonchev–Trinajstić information content (AvgIpc) is 2.27. The molecule has 1 N–H and O–H groups in total. The number of methoxy groups -OCH3 is 1. The van der Waals surface area contributed by atoms with Crippen molar-refractivity contribution >= 4 is 5.97 Å². The number of rotatable bonds is 1. The molecule has 15 heavy (non-hydrogen) atoms. The smallest absolute Gasteiger partial charge is 0.347 e. The van der Waals surface area contributed by atoms with E-state index in [4.69, 9.17) is 4.74 Å². The van der Waals surface area contributed by atoms with Gasteiger partial charge in [0, 0.05) is 6.07 Å². The molecule has 0 fully saturated rings. The minimum Gasteiger partial charge on any atom is -0.508 e. The summed E-state index contributed by atoms with van der Waals surface area (Å²) >= 11 is 0. The Morgan fingerprint density at radius 2 is 2.40 bits per heavy atom. The Hall–Kier alpha value is -1.71. The molecule has 1 aromatic carbocycles. The van der Waals surface area contributed by atoms with Crippen LogP contribution in [0.25, 0.3) is 0 Å². The van der Waals surface area contributed by atoms with Crippen molar-refractivity contribution in [3.05, 3.63) is 23.8 Å². The molecule has 1 atom stereocenters. The number of hydrogen-bond donors (Lipinski definition) is 1. The first-order valence-corrected chi connectivity index (χ1v) is 4.77. The first kappa shape index (κ1) is 9.83. The van der Waals surface area contributed by atoms with E-state index in [0.717, 1.165) is 12.0 Å². The summed E-state index contributed by atoms with van der Waals surface area (Å²) in [4.78, 5) is 11.3. The van der Waals surface area contributed by atoms with Gasteiger partial charge in [-0.15, -0.1) is 0 Å². The van der Waals surface area contributed by atoms with Gasteiger partial charge in [0.05, 0.1) is 7.11 Å². The molecule has 1 unspecified atom stereocenters. The van der Waals surface area contributed by atoms with Gasteiger partial charge in [0.25, 0.3) is 0 Å². The first-order chi connectivity index (χ1) is 7.20. The molecule has 4 heteroatoms. The van der Waals surface area contributed by atoms with E-state index in [-0.39, 0.29) is 11.7 Å². The zero-order chi connectivity index (χ0) is 10.8. The normalized spacial score (nSPS) is 18.9. The minimum absolute atomic E-state index is 0.138. The molecule has 0 amide bonds. The van der Waals surface area contributed by atoms with E-state index in [1.807, 2.05) is 0 Å². The number of phenolic OH excluding ortho intramolecular Hbond substituents is 1. The molecule has 0 bridgehead atoms. The third kappa shape index (κ3) is 1.88. The van der Waals surface area contributed by atoms with E-state index in [9.17, 15) is 9.90 Å². The number of ether oxygens (including phenoxy) is 2. The van der Waals surface area contributed by atoms with Crippen molar-refractivity contribution in [2.24, 2.45) is 0 Å². The average molecular weight is 208 g/mol. The van der Waals surface area contributed by atoms with Crippen LogP contribution in [-0.4, -0.2) is 24.3 Å². The zero-order valence-electron chi connectivity index (χ0n) is 8.40. The van der Waals surface area contributed by atoms with E-state index in [2.05, 4.69) is 4.74 Å². The highest BCUT2D eigenvalue weighted by Gasteiger charge is 2.26. The predicted molar refractivity (Wildman–Crippen MR) is 52.9 cm³/mol. The summed E-state index contributed by atoms with van der Waals surface area (Å²) in [6.45, 7) is 0. The lowest BCUT2D eigenvalue weighted by molar-refractivity contribution is -0.149. The summed E-state index contributed by atoms with van der Waals surface area (Å²) in [5, 5.41) is 9.27. The Morgan fingerprint density at radius 1 is 1.60 bits per heavy atom. The molecule has 1 aliphatic heterocycles. The van der Waals surface area contributed by atoms with Crippen LogP contribution in [0.1, 0.15) is 12.0 Å². The van der Waals surface area contributed by atoms with Crippen molar-refractivity contribution < 1.29 is 19.4 Å². The van der Waals surface area contributed by atoms with Gasteiger partial charge in [0.1, 0.15) is 11.5 Å². The van der Waals surface area contributed by atoms with Crippen LogP contribution in [0.15, 0.2) is 18.2 Å². The summed E-state index contributed by atoms with van der Waals surface area (Å²) in [5.74, 6) is 0.333. The van der Waals surface area contributed by atoms with Gasteiger partial charge < -0.3 is 14.6 Å². The molecule has 0 spiro atoms. The van der Waals surface area contributed by atoms with Crippen molar-refractivity contribution in [3.8, 4) is 11.5 Å². The van der Waals surface area contributed by atoms with Crippen LogP contribution in [0.3, 0.4) is 0 Å². The lowest BCUT2D eigenvalue weighted by atomic mass is 10.0. The van der Waals surface area contributed by atoms with Gasteiger partial charge >= 0.3 is 5.97 Å². The van der Waals surface area contributed by atoms with Crippen molar-refractivity contribution in [3.63, 3.8) is 0 Å².